The van der Waals surface area contributed by atoms with E-state index in [1.165, 1.54) is 141 Å². The Morgan fingerprint density at radius 2 is 0.615 bits per heavy atom. The summed E-state index contributed by atoms with van der Waals surface area (Å²) < 4.78 is 16.8. The molecule has 374 valence electrons. The Hall–Kier alpha value is -3.15. The van der Waals surface area contributed by atoms with Crippen molar-refractivity contribution in [1.82, 2.24) is 0 Å². The van der Waals surface area contributed by atoms with Gasteiger partial charge in [0.2, 0.25) is 0 Å². The van der Waals surface area contributed by atoms with Crippen LogP contribution in [0.15, 0.2) is 72.9 Å². The van der Waals surface area contributed by atoms with Gasteiger partial charge in [-0.3, -0.25) is 14.4 Å². The van der Waals surface area contributed by atoms with E-state index >= 15 is 0 Å². The largest absolute Gasteiger partial charge is 0.462 e. The summed E-state index contributed by atoms with van der Waals surface area (Å²) in [4.78, 5) is 38.0. The van der Waals surface area contributed by atoms with E-state index in [0.29, 0.717) is 19.3 Å². The average Bonchev–Trinajstić information content (AvgIpc) is 3.30. The van der Waals surface area contributed by atoms with Crippen molar-refractivity contribution >= 4 is 17.9 Å². The number of hydrogen-bond acceptors (Lipinski definition) is 6. The molecule has 0 radical (unpaired) electrons. The fraction of sp³-hybridized carbons (Fsp3) is 0.746. The first kappa shape index (κ1) is 61.9. The summed E-state index contributed by atoms with van der Waals surface area (Å²) in [5, 5.41) is 0. The molecule has 1 atom stereocenters. The lowest BCUT2D eigenvalue weighted by molar-refractivity contribution is -0.167. The summed E-state index contributed by atoms with van der Waals surface area (Å²) in [7, 11) is 0. The van der Waals surface area contributed by atoms with Gasteiger partial charge in [0, 0.05) is 19.3 Å². The van der Waals surface area contributed by atoms with Crippen LogP contribution in [0.4, 0.5) is 0 Å². The standard InChI is InChI=1S/C59H102O6/c1-4-7-10-13-16-19-22-25-27-28-29-30-32-34-37-40-43-46-49-52-58(61)64-55-56(54-63-57(60)51-48-45-42-39-36-33-24-21-18-15-12-9-6-3)65-59(62)53-50-47-44-41-38-35-31-26-23-20-17-14-11-8-5-2/h8,11,14,17,20,23,26,31,33,35-36,38,56H,4-7,9-10,12-13,15-16,18-19,21-22,24-25,27-30,32,34,37,39-55H2,1-3H3/b11-8-,17-14-,23-20-,31-26-,36-33-,38-35-. The third-order valence-corrected chi connectivity index (χ3v) is 11.8. The van der Waals surface area contributed by atoms with Gasteiger partial charge in [-0.25, -0.2) is 0 Å². The zero-order chi connectivity index (χ0) is 47.2. The fourth-order valence-electron chi connectivity index (χ4n) is 7.69. The third kappa shape index (κ3) is 51.7. The van der Waals surface area contributed by atoms with Gasteiger partial charge in [0.05, 0.1) is 0 Å². The van der Waals surface area contributed by atoms with Crippen molar-refractivity contribution in [2.45, 2.75) is 271 Å². The molecule has 0 amide bonds. The molecule has 0 N–H and O–H groups in total. The molecule has 0 rings (SSSR count). The molecule has 65 heavy (non-hydrogen) atoms. The summed E-state index contributed by atoms with van der Waals surface area (Å²) in [6, 6.07) is 0. The number of allylic oxidation sites excluding steroid dienone is 12. The second-order valence-corrected chi connectivity index (χ2v) is 18.2. The van der Waals surface area contributed by atoms with Gasteiger partial charge in [0.15, 0.2) is 6.10 Å². The first-order chi connectivity index (χ1) is 32.0. The van der Waals surface area contributed by atoms with Crippen LogP contribution in [0.25, 0.3) is 0 Å². The fourth-order valence-corrected chi connectivity index (χ4v) is 7.69. The first-order valence-corrected chi connectivity index (χ1v) is 27.5. The highest BCUT2D eigenvalue weighted by molar-refractivity contribution is 5.71. The predicted octanol–water partition coefficient (Wildman–Crippen LogP) is 18.2. The van der Waals surface area contributed by atoms with E-state index in [1.807, 2.05) is 48.6 Å². The monoisotopic (exact) mass is 907 g/mol. The van der Waals surface area contributed by atoms with Crippen LogP contribution in [0.3, 0.4) is 0 Å². The zero-order valence-electron chi connectivity index (χ0n) is 42.7. The van der Waals surface area contributed by atoms with Crippen LogP contribution in [0.5, 0.6) is 0 Å². The normalized spacial score (nSPS) is 12.6. The topological polar surface area (TPSA) is 78.9 Å². The van der Waals surface area contributed by atoms with Crippen molar-refractivity contribution in [3.63, 3.8) is 0 Å². The SMILES string of the molecule is CC\C=C/C=C\C=C/C=C\C=C/CCCCCC(=O)OC(COC(=O)CCCCC/C=C\CCCCCCCC)COC(=O)CCCCCCCCCCCCCCCCCCCCC. The quantitative estimate of drug-likeness (QED) is 0.0199. The molecule has 0 aliphatic rings. The van der Waals surface area contributed by atoms with Crippen molar-refractivity contribution in [3.05, 3.63) is 72.9 Å². The third-order valence-electron chi connectivity index (χ3n) is 11.8. The minimum atomic E-state index is -0.802. The highest BCUT2D eigenvalue weighted by atomic mass is 16.6. The van der Waals surface area contributed by atoms with Crippen LogP contribution in [0, 0.1) is 0 Å². The van der Waals surface area contributed by atoms with E-state index in [-0.39, 0.29) is 37.5 Å². The van der Waals surface area contributed by atoms with Gasteiger partial charge in [-0.15, -0.1) is 0 Å². The molecule has 0 fully saturated rings. The highest BCUT2D eigenvalue weighted by Gasteiger charge is 2.19. The van der Waals surface area contributed by atoms with E-state index in [0.717, 1.165) is 77.0 Å². The molecule has 0 aliphatic heterocycles. The predicted molar refractivity (Wildman–Crippen MR) is 279 cm³/mol. The summed E-state index contributed by atoms with van der Waals surface area (Å²) in [5.74, 6) is -0.948. The van der Waals surface area contributed by atoms with Gasteiger partial charge < -0.3 is 14.2 Å². The molecule has 0 bridgehead atoms. The number of esters is 3. The van der Waals surface area contributed by atoms with Gasteiger partial charge in [0.25, 0.3) is 0 Å². The summed E-state index contributed by atoms with van der Waals surface area (Å²) in [6.07, 6.45) is 67.5. The van der Waals surface area contributed by atoms with Gasteiger partial charge in [-0.05, 0) is 64.2 Å². The summed E-state index contributed by atoms with van der Waals surface area (Å²) >= 11 is 0. The summed E-state index contributed by atoms with van der Waals surface area (Å²) in [5.41, 5.74) is 0. The molecule has 0 heterocycles. The second kappa shape index (κ2) is 53.5. The Balaban J connectivity index is 4.41. The molecule has 0 saturated carbocycles. The smallest absolute Gasteiger partial charge is 0.306 e. The molecule has 0 aromatic rings. The van der Waals surface area contributed by atoms with E-state index in [4.69, 9.17) is 14.2 Å². The Bertz CT molecular complexity index is 1230. The molecule has 0 aromatic carbocycles. The number of rotatable bonds is 49. The lowest BCUT2D eigenvalue weighted by Crippen LogP contribution is -2.30. The van der Waals surface area contributed by atoms with Crippen molar-refractivity contribution in [3.8, 4) is 0 Å². The second-order valence-electron chi connectivity index (χ2n) is 18.2. The first-order valence-electron chi connectivity index (χ1n) is 27.5. The lowest BCUT2D eigenvalue weighted by atomic mass is 10.0. The van der Waals surface area contributed by atoms with E-state index < -0.39 is 6.10 Å². The van der Waals surface area contributed by atoms with E-state index in [2.05, 4.69) is 45.1 Å². The minimum absolute atomic E-state index is 0.0955. The van der Waals surface area contributed by atoms with Crippen LogP contribution < -0.4 is 0 Å². The zero-order valence-corrected chi connectivity index (χ0v) is 42.7. The van der Waals surface area contributed by atoms with Crippen LogP contribution in [0.1, 0.15) is 265 Å². The van der Waals surface area contributed by atoms with Gasteiger partial charge in [-0.2, -0.15) is 0 Å². The Labute approximate surface area is 402 Å². The summed E-state index contributed by atoms with van der Waals surface area (Å²) in [6.45, 7) is 6.46. The van der Waals surface area contributed by atoms with Crippen molar-refractivity contribution < 1.29 is 28.6 Å². The number of carbonyl (C=O) groups is 3. The van der Waals surface area contributed by atoms with Crippen molar-refractivity contribution in [2.75, 3.05) is 13.2 Å². The molecule has 6 heteroatoms. The Morgan fingerprint density at radius 3 is 1.00 bits per heavy atom. The molecule has 0 aliphatic carbocycles. The number of ether oxygens (including phenoxy) is 3. The maximum absolute atomic E-state index is 12.8. The van der Waals surface area contributed by atoms with Crippen LogP contribution in [0.2, 0.25) is 0 Å². The van der Waals surface area contributed by atoms with Gasteiger partial charge >= 0.3 is 17.9 Å². The molecule has 0 aromatic heterocycles. The molecular formula is C59H102O6. The van der Waals surface area contributed by atoms with Crippen molar-refractivity contribution in [1.29, 1.82) is 0 Å². The number of hydrogen-bond donors (Lipinski definition) is 0. The highest BCUT2D eigenvalue weighted by Crippen LogP contribution is 2.16. The molecule has 6 nitrogen and oxygen atoms in total. The van der Waals surface area contributed by atoms with Crippen LogP contribution in [-0.2, 0) is 28.6 Å². The average molecular weight is 907 g/mol. The molecule has 0 spiro atoms. The van der Waals surface area contributed by atoms with Gasteiger partial charge in [0.1, 0.15) is 13.2 Å². The molecule has 0 saturated heterocycles. The minimum Gasteiger partial charge on any atom is -0.462 e. The molecular weight excluding hydrogens is 805 g/mol. The number of unbranched alkanes of at least 4 members (excludes halogenated alkanes) is 30. The lowest BCUT2D eigenvalue weighted by Gasteiger charge is -2.18. The molecule has 1 unspecified atom stereocenters. The van der Waals surface area contributed by atoms with Crippen LogP contribution >= 0.6 is 0 Å². The Kier molecular flexibility index (Phi) is 50.9. The van der Waals surface area contributed by atoms with Crippen molar-refractivity contribution in [2.24, 2.45) is 0 Å². The number of carbonyl (C=O) groups excluding carboxylic acids is 3. The van der Waals surface area contributed by atoms with E-state index in [1.54, 1.807) is 0 Å². The van der Waals surface area contributed by atoms with Gasteiger partial charge in [-0.1, -0.05) is 254 Å². The Morgan fingerprint density at radius 1 is 0.323 bits per heavy atom. The van der Waals surface area contributed by atoms with E-state index in [9.17, 15) is 14.4 Å². The van der Waals surface area contributed by atoms with Crippen LogP contribution in [-0.4, -0.2) is 37.2 Å². The maximum atomic E-state index is 12.8. The maximum Gasteiger partial charge on any atom is 0.306 e.